The van der Waals surface area contributed by atoms with E-state index in [0.29, 0.717) is 13.2 Å². The van der Waals surface area contributed by atoms with Gasteiger partial charge in [-0.2, -0.15) is 0 Å². The van der Waals surface area contributed by atoms with Crippen LogP contribution in [0.25, 0.3) is 0 Å². The Morgan fingerprint density at radius 1 is 1.41 bits per heavy atom. The molecule has 0 saturated heterocycles. The van der Waals surface area contributed by atoms with E-state index >= 15 is 0 Å². The highest BCUT2D eigenvalue weighted by Crippen LogP contribution is 2.18. The predicted octanol–water partition coefficient (Wildman–Crippen LogP) is 1.22. The molecule has 0 aromatic heterocycles. The fourth-order valence-corrected chi connectivity index (χ4v) is 1.76. The van der Waals surface area contributed by atoms with E-state index in [1.54, 1.807) is 14.2 Å². The molecular weight excluding hydrogens is 222 g/mol. The fraction of sp³-hybridized carbons (Fsp3) is 0.917. The fourth-order valence-electron chi connectivity index (χ4n) is 1.76. The van der Waals surface area contributed by atoms with Crippen molar-refractivity contribution >= 4 is 5.97 Å². The van der Waals surface area contributed by atoms with E-state index in [-0.39, 0.29) is 18.2 Å². The second-order valence-corrected chi connectivity index (χ2v) is 4.87. The molecule has 5 nitrogen and oxygen atoms in total. The maximum Gasteiger partial charge on any atom is 0.317 e. The third-order valence-corrected chi connectivity index (χ3v) is 2.88. The number of rotatable bonds is 9. The highest BCUT2D eigenvalue weighted by molar-refractivity contribution is 5.69. The van der Waals surface area contributed by atoms with Gasteiger partial charge in [0.15, 0.2) is 0 Å². The average molecular weight is 247 g/mol. The van der Waals surface area contributed by atoms with Crippen molar-refractivity contribution in [3.8, 4) is 0 Å². The van der Waals surface area contributed by atoms with Gasteiger partial charge in [-0.15, -0.1) is 0 Å². The van der Waals surface area contributed by atoms with E-state index in [0.717, 1.165) is 6.42 Å². The van der Waals surface area contributed by atoms with Gasteiger partial charge in [0.05, 0.1) is 18.8 Å². The number of hydrogen-bond acceptors (Lipinski definition) is 4. The molecule has 0 aliphatic heterocycles. The lowest BCUT2D eigenvalue weighted by molar-refractivity contribution is -0.139. The van der Waals surface area contributed by atoms with E-state index in [2.05, 4.69) is 0 Å². The highest BCUT2D eigenvalue weighted by Gasteiger charge is 2.25. The number of nitrogens with zero attached hydrogens (tertiary/aromatic N) is 1. The summed E-state index contributed by atoms with van der Waals surface area (Å²) in [6, 6.07) is 0.135. The number of methoxy groups -OCH3 is 2. The largest absolute Gasteiger partial charge is 0.480 e. The molecule has 1 N–H and O–H groups in total. The molecule has 0 radical (unpaired) electrons. The van der Waals surface area contributed by atoms with Crippen LogP contribution in [-0.2, 0) is 14.3 Å². The van der Waals surface area contributed by atoms with Crippen LogP contribution in [0.2, 0.25) is 0 Å². The van der Waals surface area contributed by atoms with Crippen LogP contribution in [0.3, 0.4) is 0 Å². The van der Waals surface area contributed by atoms with E-state index in [1.807, 2.05) is 25.7 Å². The Labute approximate surface area is 104 Å². The molecule has 0 aromatic carbocycles. The van der Waals surface area contributed by atoms with Gasteiger partial charge in [0.2, 0.25) is 0 Å². The van der Waals surface area contributed by atoms with Crippen molar-refractivity contribution in [3.63, 3.8) is 0 Å². The normalized spacial score (nSPS) is 14.0. The topological polar surface area (TPSA) is 59.0 Å². The summed E-state index contributed by atoms with van der Waals surface area (Å²) in [7, 11) is 3.28. The number of ether oxygens (including phenoxy) is 2. The standard InChI is InChI=1S/C12H25NO4/c1-10(8-12(2,3)17-5)13(6-7-16-4)9-11(14)15/h10H,6-9H2,1-5H3,(H,14,15). The van der Waals surface area contributed by atoms with Crippen LogP contribution in [0.4, 0.5) is 0 Å². The molecular formula is C12H25NO4. The highest BCUT2D eigenvalue weighted by atomic mass is 16.5. The van der Waals surface area contributed by atoms with Gasteiger partial charge in [-0.3, -0.25) is 9.69 Å². The lowest BCUT2D eigenvalue weighted by Crippen LogP contribution is -2.43. The van der Waals surface area contributed by atoms with Crippen molar-refractivity contribution in [2.45, 2.75) is 38.8 Å². The summed E-state index contributed by atoms with van der Waals surface area (Å²) in [6.07, 6.45) is 0.778. The first-order valence-electron chi connectivity index (χ1n) is 5.82. The molecule has 0 aliphatic rings. The summed E-state index contributed by atoms with van der Waals surface area (Å²) in [5.74, 6) is -0.817. The second kappa shape index (κ2) is 7.63. The van der Waals surface area contributed by atoms with Crippen molar-refractivity contribution in [2.24, 2.45) is 0 Å². The van der Waals surface area contributed by atoms with Crippen LogP contribution in [0, 0.1) is 0 Å². The van der Waals surface area contributed by atoms with Crippen molar-refractivity contribution in [2.75, 3.05) is 33.9 Å². The first-order valence-corrected chi connectivity index (χ1v) is 5.82. The number of aliphatic carboxylic acids is 1. The molecule has 0 aromatic rings. The number of carboxylic acid groups (broad SMARTS) is 1. The van der Waals surface area contributed by atoms with Crippen LogP contribution in [-0.4, -0.2) is 61.5 Å². The Kier molecular flexibility index (Phi) is 7.34. The molecule has 0 amide bonds. The predicted molar refractivity (Wildman–Crippen MR) is 66.3 cm³/mol. The smallest absolute Gasteiger partial charge is 0.317 e. The van der Waals surface area contributed by atoms with Crippen LogP contribution >= 0.6 is 0 Å². The zero-order valence-corrected chi connectivity index (χ0v) is 11.5. The zero-order valence-electron chi connectivity index (χ0n) is 11.5. The minimum atomic E-state index is -0.817. The lowest BCUT2D eigenvalue weighted by Gasteiger charge is -2.33. The van der Waals surface area contributed by atoms with Gasteiger partial charge >= 0.3 is 5.97 Å². The Hall–Kier alpha value is -0.650. The molecule has 0 fully saturated rings. The van der Waals surface area contributed by atoms with E-state index in [9.17, 15) is 4.79 Å². The SMILES string of the molecule is COCCN(CC(=O)O)C(C)CC(C)(C)OC. The average Bonchev–Trinajstić information content (AvgIpc) is 2.23. The van der Waals surface area contributed by atoms with Crippen molar-refractivity contribution in [1.82, 2.24) is 4.90 Å². The first-order chi connectivity index (χ1) is 7.82. The minimum Gasteiger partial charge on any atom is -0.480 e. The van der Waals surface area contributed by atoms with Crippen molar-refractivity contribution in [1.29, 1.82) is 0 Å². The molecule has 102 valence electrons. The molecule has 0 saturated carbocycles. The summed E-state index contributed by atoms with van der Waals surface area (Å²) in [6.45, 7) is 7.19. The van der Waals surface area contributed by atoms with Crippen LogP contribution in [0.1, 0.15) is 27.2 Å². The number of hydrogen-bond donors (Lipinski definition) is 1. The number of carbonyl (C=O) groups is 1. The van der Waals surface area contributed by atoms with Gasteiger partial charge in [-0.25, -0.2) is 0 Å². The summed E-state index contributed by atoms with van der Waals surface area (Å²) >= 11 is 0. The van der Waals surface area contributed by atoms with Crippen molar-refractivity contribution < 1.29 is 19.4 Å². The van der Waals surface area contributed by atoms with E-state index < -0.39 is 5.97 Å². The van der Waals surface area contributed by atoms with Crippen molar-refractivity contribution in [3.05, 3.63) is 0 Å². The summed E-state index contributed by atoms with van der Waals surface area (Å²) in [4.78, 5) is 12.7. The maximum absolute atomic E-state index is 10.8. The first kappa shape index (κ1) is 16.4. The van der Waals surface area contributed by atoms with Gasteiger partial charge in [0, 0.05) is 26.8 Å². The van der Waals surface area contributed by atoms with Gasteiger partial charge in [0.1, 0.15) is 0 Å². The monoisotopic (exact) mass is 247 g/mol. The quantitative estimate of drug-likeness (QED) is 0.664. The van der Waals surface area contributed by atoms with Gasteiger partial charge in [-0.1, -0.05) is 0 Å². The third kappa shape index (κ3) is 7.31. The van der Waals surface area contributed by atoms with Crippen LogP contribution in [0.5, 0.6) is 0 Å². The molecule has 1 unspecified atom stereocenters. The van der Waals surface area contributed by atoms with Gasteiger partial charge in [-0.05, 0) is 27.2 Å². The molecule has 5 heteroatoms. The Morgan fingerprint density at radius 2 is 2.00 bits per heavy atom. The minimum absolute atomic E-state index is 0.0321. The second-order valence-electron chi connectivity index (χ2n) is 4.87. The number of carboxylic acids is 1. The molecule has 0 aliphatic carbocycles. The molecule has 1 atom stereocenters. The van der Waals surface area contributed by atoms with Gasteiger partial charge < -0.3 is 14.6 Å². The molecule has 0 bridgehead atoms. The Bertz CT molecular complexity index is 231. The summed E-state index contributed by atoms with van der Waals surface area (Å²) in [5.41, 5.74) is -0.247. The summed E-state index contributed by atoms with van der Waals surface area (Å²) < 4.78 is 10.4. The maximum atomic E-state index is 10.8. The molecule has 0 rings (SSSR count). The third-order valence-electron chi connectivity index (χ3n) is 2.88. The lowest BCUT2D eigenvalue weighted by atomic mass is 9.99. The van der Waals surface area contributed by atoms with Crippen LogP contribution < -0.4 is 0 Å². The van der Waals surface area contributed by atoms with Crippen LogP contribution in [0.15, 0.2) is 0 Å². The Balaban J connectivity index is 4.40. The van der Waals surface area contributed by atoms with Gasteiger partial charge in [0.25, 0.3) is 0 Å². The molecule has 0 heterocycles. The zero-order chi connectivity index (χ0) is 13.5. The summed E-state index contributed by atoms with van der Waals surface area (Å²) in [5, 5.41) is 8.87. The molecule has 0 spiro atoms. The molecule has 17 heavy (non-hydrogen) atoms. The van der Waals surface area contributed by atoms with E-state index in [4.69, 9.17) is 14.6 Å². The Morgan fingerprint density at radius 3 is 2.41 bits per heavy atom. The van der Waals surface area contributed by atoms with E-state index in [1.165, 1.54) is 0 Å².